The number of halogens is 1. The summed E-state index contributed by atoms with van der Waals surface area (Å²) in [6.07, 6.45) is 2.06. The lowest BCUT2D eigenvalue weighted by atomic mass is 10.2. The van der Waals surface area contributed by atoms with Crippen LogP contribution in [0.1, 0.15) is 24.7 Å². The number of aromatic nitrogens is 2. The second-order valence-corrected chi connectivity index (χ2v) is 6.15. The summed E-state index contributed by atoms with van der Waals surface area (Å²) in [5, 5.41) is 0. The standard InChI is InChI=1S/C17H18BrN3/c1-2-3-17-20-15-10-14(19)8-9-16(15)21(17)11-12-4-6-13(18)7-5-12/h4-10H,2-3,11,19H2,1H3. The number of imidazole rings is 1. The zero-order valence-corrected chi connectivity index (χ0v) is 13.6. The molecule has 4 heteroatoms. The van der Waals surface area contributed by atoms with Crippen molar-refractivity contribution >= 4 is 32.7 Å². The molecule has 0 saturated heterocycles. The van der Waals surface area contributed by atoms with Gasteiger partial charge < -0.3 is 10.3 Å². The first-order chi connectivity index (χ1) is 10.2. The molecule has 0 aliphatic rings. The number of hydrogen-bond acceptors (Lipinski definition) is 2. The molecule has 2 aromatic carbocycles. The molecule has 0 spiro atoms. The van der Waals surface area contributed by atoms with Gasteiger partial charge in [0.25, 0.3) is 0 Å². The second-order valence-electron chi connectivity index (χ2n) is 5.24. The van der Waals surface area contributed by atoms with E-state index in [0.717, 1.165) is 46.4 Å². The normalized spacial score (nSPS) is 11.1. The molecule has 0 atom stereocenters. The summed E-state index contributed by atoms with van der Waals surface area (Å²) in [4.78, 5) is 4.75. The van der Waals surface area contributed by atoms with Crippen molar-refractivity contribution in [2.45, 2.75) is 26.3 Å². The molecular formula is C17H18BrN3. The highest BCUT2D eigenvalue weighted by atomic mass is 79.9. The van der Waals surface area contributed by atoms with E-state index >= 15 is 0 Å². The fraction of sp³-hybridized carbons (Fsp3) is 0.235. The summed E-state index contributed by atoms with van der Waals surface area (Å²) in [6.45, 7) is 3.01. The molecule has 1 heterocycles. The molecule has 2 N–H and O–H groups in total. The molecule has 0 fully saturated rings. The first kappa shape index (κ1) is 14.1. The van der Waals surface area contributed by atoms with Gasteiger partial charge in [0.1, 0.15) is 5.82 Å². The predicted molar refractivity (Wildman–Crippen MR) is 91.4 cm³/mol. The maximum absolute atomic E-state index is 5.87. The fourth-order valence-corrected chi connectivity index (χ4v) is 2.82. The molecule has 0 radical (unpaired) electrons. The number of fused-ring (bicyclic) bond motifs is 1. The van der Waals surface area contributed by atoms with Crippen molar-refractivity contribution in [1.82, 2.24) is 9.55 Å². The monoisotopic (exact) mass is 343 g/mol. The van der Waals surface area contributed by atoms with Crippen LogP contribution in [0.3, 0.4) is 0 Å². The Morgan fingerprint density at radius 3 is 2.62 bits per heavy atom. The lowest BCUT2D eigenvalue weighted by Crippen LogP contribution is -2.05. The van der Waals surface area contributed by atoms with Crippen molar-refractivity contribution in [3.8, 4) is 0 Å². The van der Waals surface area contributed by atoms with Gasteiger partial charge in [-0.15, -0.1) is 0 Å². The molecule has 1 aromatic heterocycles. The van der Waals surface area contributed by atoms with Gasteiger partial charge in [-0.1, -0.05) is 35.0 Å². The number of rotatable bonds is 4. The Morgan fingerprint density at radius 2 is 1.90 bits per heavy atom. The summed E-state index contributed by atoms with van der Waals surface area (Å²) in [7, 11) is 0. The van der Waals surface area contributed by atoms with E-state index in [4.69, 9.17) is 10.7 Å². The fourth-order valence-electron chi connectivity index (χ4n) is 2.56. The summed E-state index contributed by atoms with van der Waals surface area (Å²) in [6, 6.07) is 14.4. The molecular weight excluding hydrogens is 326 g/mol. The van der Waals surface area contributed by atoms with Crippen LogP contribution < -0.4 is 5.73 Å². The van der Waals surface area contributed by atoms with Crippen molar-refractivity contribution < 1.29 is 0 Å². The number of nitrogens with two attached hydrogens (primary N) is 1. The smallest absolute Gasteiger partial charge is 0.110 e. The first-order valence-electron chi connectivity index (χ1n) is 7.16. The van der Waals surface area contributed by atoms with Crippen LogP contribution in [-0.2, 0) is 13.0 Å². The van der Waals surface area contributed by atoms with E-state index in [9.17, 15) is 0 Å². The van der Waals surface area contributed by atoms with Gasteiger partial charge in [0.2, 0.25) is 0 Å². The lowest BCUT2D eigenvalue weighted by Gasteiger charge is -2.09. The van der Waals surface area contributed by atoms with Crippen molar-refractivity contribution in [1.29, 1.82) is 0 Å². The Hall–Kier alpha value is -1.81. The van der Waals surface area contributed by atoms with Gasteiger partial charge in [0.15, 0.2) is 0 Å². The minimum absolute atomic E-state index is 0.763. The number of nitrogen functional groups attached to an aromatic ring is 1. The van der Waals surface area contributed by atoms with E-state index in [1.165, 1.54) is 5.56 Å². The van der Waals surface area contributed by atoms with E-state index < -0.39 is 0 Å². The molecule has 0 saturated carbocycles. The summed E-state index contributed by atoms with van der Waals surface area (Å²) < 4.78 is 3.39. The minimum atomic E-state index is 0.763. The molecule has 0 aliphatic carbocycles. The topological polar surface area (TPSA) is 43.8 Å². The van der Waals surface area contributed by atoms with Crippen LogP contribution in [0.5, 0.6) is 0 Å². The Bertz CT molecular complexity index is 760. The summed E-state index contributed by atoms with van der Waals surface area (Å²) in [5.41, 5.74) is 10.0. The van der Waals surface area contributed by atoms with Gasteiger partial charge in [0.05, 0.1) is 11.0 Å². The first-order valence-corrected chi connectivity index (χ1v) is 7.95. The van der Waals surface area contributed by atoms with Gasteiger partial charge >= 0.3 is 0 Å². The van der Waals surface area contributed by atoms with Crippen molar-refractivity contribution in [3.63, 3.8) is 0 Å². The van der Waals surface area contributed by atoms with Gasteiger partial charge in [-0.25, -0.2) is 4.98 Å². The van der Waals surface area contributed by atoms with Crippen molar-refractivity contribution in [3.05, 3.63) is 58.3 Å². The van der Waals surface area contributed by atoms with Crippen molar-refractivity contribution in [2.75, 3.05) is 5.73 Å². The second kappa shape index (κ2) is 5.90. The van der Waals surface area contributed by atoms with Gasteiger partial charge in [-0.05, 0) is 42.3 Å². The van der Waals surface area contributed by atoms with Crippen LogP contribution >= 0.6 is 15.9 Å². The average Bonchev–Trinajstić information content (AvgIpc) is 2.79. The van der Waals surface area contributed by atoms with E-state index in [0.29, 0.717) is 0 Å². The van der Waals surface area contributed by atoms with Crippen LogP contribution in [-0.4, -0.2) is 9.55 Å². The molecule has 0 aliphatic heterocycles. The van der Waals surface area contributed by atoms with Crippen molar-refractivity contribution in [2.24, 2.45) is 0 Å². The third-order valence-corrected chi connectivity index (χ3v) is 4.11. The van der Waals surface area contributed by atoms with Crippen LogP contribution in [0, 0.1) is 0 Å². The Labute approximate surface area is 132 Å². The highest BCUT2D eigenvalue weighted by Gasteiger charge is 2.10. The van der Waals surface area contributed by atoms with E-state index in [1.807, 2.05) is 12.1 Å². The van der Waals surface area contributed by atoms with E-state index in [1.54, 1.807) is 0 Å². The summed E-state index contributed by atoms with van der Waals surface area (Å²) >= 11 is 3.48. The number of anilines is 1. The van der Waals surface area contributed by atoms with Gasteiger partial charge in [-0.2, -0.15) is 0 Å². The number of benzene rings is 2. The quantitative estimate of drug-likeness (QED) is 0.714. The van der Waals surface area contributed by atoms with Gasteiger partial charge in [-0.3, -0.25) is 0 Å². The largest absolute Gasteiger partial charge is 0.399 e. The van der Waals surface area contributed by atoms with Crippen LogP contribution in [0.2, 0.25) is 0 Å². The zero-order valence-electron chi connectivity index (χ0n) is 12.0. The number of hydrogen-bond donors (Lipinski definition) is 1. The van der Waals surface area contributed by atoms with Crippen LogP contribution in [0.4, 0.5) is 5.69 Å². The predicted octanol–water partition coefficient (Wildman–Crippen LogP) is 4.38. The maximum atomic E-state index is 5.87. The number of nitrogens with zero attached hydrogens (tertiary/aromatic N) is 2. The van der Waals surface area contributed by atoms with Crippen LogP contribution in [0.15, 0.2) is 46.9 Å². The van der Waals surface area contributed by atoms with Crippen LogP contribution in [0.25, 0.3) is 11.0 Å². The van der Waals surface area contributed by atoms with E-state index in [-0.39, 0.29) is 0 Å². The molecule has 0 bridgehead atoms. The molecule has 3 rings (SSSR count). The SMILES string of the molecule is CCCc1nc2cc(N)ccc2n1Cc1ccc(Br)cc1. The lowest BCUT2D eigenvalue weighted by molar-refractivity contribution is 0.722. The highest BCUT2D eigenvalue weighted by Crippen LogP contribution is 2.22. The molecule has 3 aromatic rings. The Kier molecular flexibility index (Phi) is 3.97. The maximum Gasteiger partial charge on any atom is 0.110 e. The van der Waals surface area contributed by atoms with E-state index in [2.05, 4.69) is 57.8 Å². The third kappa shape index (κ3) is 2.95. The molecule has 3 nitrogen and oxygen atoms in total. The molecule has 21 heavy (non-hydrogen) atoms. The zero-order chi connectivity index (χ0) is 14.8. The van der Waals surface area contributed by atoms with Gasteiger partial charge in [0, 0.05) is 23.1 Å². The molecule has 108 valence electrons. The molecule has 0 unspecified atom stereocenters. The third-order valence-electron chi connectivity index (χ3n) is 3.58. The molecule has 0 amide bonds. The Morgan fingerprint density at radius 1 is 1.14 bits per heavy atom. The average molecular weight is 344 g/mol. The summed E-state index contributed by atoms with van der Waals surface area (Å²) in [5.74, 6) is 1.13. The minimum Gasteiger partial charge on any atom is -0.399 e. The number of aryl methyl sites for hydroxylation is 1. The Balaban J connectivity index is 2.06. The highest BCUT2D eigenvalue weighted by molar-refractivity contribution is 9.10.